The van der Waals surface area contributed by atoms with Gasteiger partial charge in [0.1, 0.15) is 0 Å². The second kappa shape index (κ2) is 6.36. The molecule has 1 saturated carbocycles. The number of likely N-dealkylation sites (tertiary alicyclic amines) is 1. The molecule has 4 heteroatoms. The molecule has 0 aromatic carbocycles. The van der Waals surface area contributed by atoms with Gasteiger partial charge in [0.2, 0.25) is 5.91 Å². The second-order valence-electron chi connectivity index (χ2n) is 5.43. The molecule has 0 aromatic heterocycles. The van der Waals surface area contributed by atoms with E-state index in [1.165, 1.54) is 32.1 Å². The number of rotatable bonds is 6. The van der Waals surface area contributed by atoms with Gasteiger partial charge in [0.05, 0.1) is 6.54 Å². The van der Waals surface area contributed by atoms with Gasteiger partial charge in [-0.15, -0.1) is 0 Å². The molecule has 1 heterocycles. The molecule has 2 fully saturated rings. The molecular weight excluding hydrogens is 214 g/mol. The number of amides is 1. The molecule has 2 rings (SSSR count). The highest BCUT2D eigenvalue weighted by Crippen LogP contribution is 2.27. The zero-order chi connectivity index (χ0) is 12.1. The summed E-state index contributed by atoms with van der Waals surface area (Å²) in [5, 5.41) is 6.28. The van der Waals surface area contributed by atoms with Crippen LogP contribution in [-0.4, -0.2) is 50.1 Å². The van der Waals surface area contributed by atoms with Crippen molar-refractivity contribution in [3.63, 3.8) is 0 Å². The van der Waals surface area contributed by atoms with E-state index in [0.29, 0.717) is 12.6 Å². The summed E-state index contributed by atoms with van der Waals surface area (Å²) in [7, 11) is 1.99. The van der Waals surface area contributed by atoms with E-state index in [4.69, 9.17) is 0 Å². The maximum Gasteiger partial charge on any atom is 0.234 e. The van der Waals surface area contributed by atoms with Gasteiger partial charge in [-0.1, -0.05) is 6.42 Å². The fraction of sp³-hybridized carbons (Fsp3) is 0.923. The summed E-state index contributed by atoms with van der Waals surface area (Å²) in [6.45, 7) is 3.54. The van der Waals surface area contributed by atoms with Crippen LogP contribution in [0.4, 0.5) is 0 Å². The normalized spacial score (nSPS) is 25.8. The molecule has 1 unspecified atom stereocenters. The summed E-state index contributed by atoms with van der Waals surface area (Å²) < 4.78 is 0. The molecule has 1 aliphatic heterocycles. The number of hydrogen-bond donors (Lipinski definition) is 2. The lowest BCUT2D eigenvalue weighted by atomic mass is 10.0. The third-order valence-electron chi connectivity index (χ3n) is 3.82. The first-order valence-electron chi connectivity index (χ1n) is 6.95. The van der Waals surface area contributed by atoms with E-state index in [-0.39, 0.29) is 5.91 Å². The first-order valence-corrected chi connectivity index (χ1v) is 6.95. The molecular formula is C13H25N3O. The summed E-state index contributed by atoms with van der Waals surface area (Å²) in [6.07, 6.45) is 6.35. The Morgan fingerprint density at radius 1 is 1.24 bits per heavy atom. The van der Waals surface area contributed by atoms with E-state index >= 15 is 0 Å². The second-order valence-corrected chi connectivity index (χ2v) is 5.43. The summed E-state index contributed by atoms with van der Waals surface area (Å²) in [5.74, 6) is 0.980. The van der Waals surface area contributed by atoms with Gasteiger partial charge in [0.15, 0.2) is 0 Å². The maximum absolute atomic E-state index is 11.8. The third-order valence-corrected chi connectivity index (χ3v) is 3.82. The standard InChI is InChI=1S/C13H25N3O/c1-14-9-12-4-2-3-7-16(12)10-13(17)15-8-11-5-6-11/h11-12,14H,2-10H2,1H3,(H,15,17). The average molecular weight is 239 g/mol. The van der Waals surface area contributed by atoms with Gasteiger partial charge in [-0.2, -0.15) is 0 Å². The zero-order valence-corrected chi connectivity index (χ0v) is 10.9. The maximum atomic E-state index is 11.8. The Morgan fingerprint density at radius 3 is 2.76 bits per heavy atom. The van der Waals surface area contributed by atoms with Crippen molar-refractivity contribution in [2.45, 2.75) is 38.1 Å². The summed E-state index contributed by atoms with van der Waals surface area (Å²) in [5.41, 5.74) is 0. The Labute approximate surface area is 104 Å². The fourth-order valence-electron chi connectivity index (χ4n) is 2.56. The van der Waals surface area contributed by atoms with Gasteiger partial charge in [-0.3, -0.25) is 9.69 Å². The van der Waals surface area contributed by atoms with Gasteiger partial charge in [-0.05, 0) is 45.2 Å². The predicted octanol–water partition coefficient (Wildman–Crippen LogP) is 0.587. The van der Waals surface area contributed by atoms with Gasteiger partial charge in [0.25, 0.3) is 0 Å². The summed E-state index contributed by atoms with van der Waals surface area (Å²) >= 11 is 0. The molecule has 0 aromatic rings. The highest BCUT2D eigenvalue weighted by Gasteiger charge is 2.25. The smallest absolute Gasteiger partial charge is 0.234 e. The van der Waals surface area contributed by atoms with Crippen LogP contribution >= 0.6 is 0 Å². The summed E-state index contributed by atoms with van der Waals surface area (Å²) in [4.78, 5) is 14.2. The fourth-order valence-corrected chi connectivity index (χ4v) is 2.56. The predicted molar refractivity (Wildman–Crippen MR) is 68.9 cm³/mol. The number of likely N-dealkylation sites (N-methyl/N-ethyl adjacent to an activating group) is 1. The molecule has 4 nitrogen and oxygen atoms in total. The van der Waals surface area contributed by atoms with Crippen LogP contribution in [0.2, 0.25) is 0 Å². The van der Waals surface area contributed by atoms with Gasteiger partial charge < -0.3 is 10.6 Å². The molecule has 1 amide bonds. The van der Waals surface area contributed by atoms with Crippen LogP contribution in [0.3, 0.4) is 0 Å². The Morgan fingerprint density at radius 2 is 2.06 bits per heavy atom. The van der Waals surface area contributed by atoms with Crippen molar-refractivity contribution >= 4 is 5.91 Å². The van der Waals surface area contributed by atoms with Gasteiger partial charge in [-0.25, -0.2) is 0 Å². The Bertz CT molecular complexity index is 251. The SMILES string of the molecule is CNCC1CCCCN1CC(=O)NCC1CC1. The minimum atomic E-state index is 0.208. The Hall–Kier alpha value is -0.610. The largest absolute Gasteiger partial charge is 0.355 e. The zero-order valence-electron chi connectivity index (χ0n) is 10.9. The van der Waals surface area contributed by atoms with Crippen LogP contribution < -0.4 is 10.6 Å². The van der Waals surface area contributed by atoms with Gasteiger partial charge >= 0.3 is 0 Å². The third kappa shape index (κ3) is 4.28. The van der Waals surface area contributed by atoms with Crippen LogP contribution in [0.5, 0.6) is 0 Å². The number of nitrogens with zero attached hydrogens (tertiary/aromatic N) is 1. The molecule has 17 heavy (non-hydrogen) atoms. The summed E-state index contributed by atoms with van der Waals surface area (Å²) in [6, 6.07) is 0.542. The molecule has 0 radical (unpaired) electrons. The van der Waals surface area contributed by atoms with Crippen molar-refractivity contribution < 1.29 is 4.79 Å². The monoisotopic (exact) mass is 239 g/mol. The lowest BCUT2D eigenvalue weighted by Crippen LogP contribution is -2.49. The molecule has 0 spiro atoms. The molecule has 1 atom stereocenters. The first kappa shape index (κ1) is 12.8. The highest BCUT2D eigenvalue weighted by molar-refractivity contribution is 5.78. The number of carbonyl (C=O) groups is 1. The van der Waals surface area contributed by atoms with Crippen molar-refractivity contribution in [3.8, 4) is 0 Å². The minimum Gasteiger partial charge on any atom is -0.355 e. The van der Waals surface area contributed by atoms with E-state index in [1.54, 1.807) is 0 Å². The van der Waals surface area contributed by atoms with E-state index in [1.807, 2.05) is 7.05 Å². The number of piperidine rings is 1. The molecule has 1 saturated heterocycles. The van der Waals surface area contributed by atoms with Crippen LogP contribution in [0.1, 0.15) is 32.1 Å². The van der Waals surface area contributed by atoms with Crippen LogP contribution in [0.15, 0.2) is 0 Å². The van der Waals surface area contributed by atoms with E-state index in [2.05, 4.69) is 15.5 Å². The molecule has 98 valence electrons. The average Bonchev–Trinajstić information content (AvgIpc) is 3.13. The van der Waals surface area contributed by atoms with Crippen LogP contribution in [-0.2, 0) is 4.79 Å². The molecule has 2 N–H and O–H groups in total. The van der Waals surface area contributed by atoms with Gasteiger partial charge in [0, 0.05) is 19.1 Å². The minimum absolute atomic E-state index is 0.208. The lowest BCUT2D eigenvalue weighted by Gasteiger charge is -2.35. The highest BCUT2D eigenvalue weighted by atomic mass is 16.2. The van der Waals surface area contributed by atoms with Crippen molar-refractivity contribution in [2.24, 2.45) is 5.92 Å². The molecule has 1 aliphatic carbocycles. The number of carbonyl (C=O) groups excluding carboxylic acids is 1. The number of nitrogens with one attached hydrogen (secondary N) is 2. The van der Waals surface area contributed by atoms with E-state index in [9.17, 15) is 4.79 Å². The quantitative estimate of drug-likeness (QED) is 0.713. The molecule has 0 bridgehead atoms. The van der Waals surface area contributed by atoms with Crippen LogP contribution in [0, 0.1) is 5.92 Å². The lowest BCUT2D eigenvalue weighted by molar-refractivity contribution is -0.123. The topological polar surface area (TPSA) is 44.4 Å². The molecule has 2 aliphatic rings. The van der Waals surface area contributed by atoms with Crippen LogP contribution in [0.25, 0.3) is 0 Å². The van der Waals surface area contributed by atoms with Crippen molar-refractivity contribution in [2.75, 3.05) is 33.2 Å². The van der Waals surface area contributed by atoms with Crippen molar-refractivity contribution in [1.82, 2.24) is 15.5 Å². The van der Waals surface area contributed by atoms with Crippen molar-refractivity contribution in [1.29, 1.82) is 0 Å². The van der Waals surface area contributed by atoms with E-state index < -0.39 is 0 Å². The first-order chi connectivity index (χ1) is 8.29. The Kier molecular flexibility index (Phi) is 4.80. The number of hydrogen-bond acceptors (Lipinski definition) is 3. The van der Waals surface area contributed by atoms with E-state index in [0.717, 1.165) is 25.6 Å². The Balaban J connectivity index is 1.71. The van der Waals surface area contributed by atoms with Crippen molar-refractivity contribution in [3.05, 3.63) is 0 Å².